The van der Waals surface area contributed by atoms with Crippen LogP contribution in [0, 0.1) is 0 Å². The molecule has 9 nitrogen and oxygen atoms in total. The van der Waals surface area contributed by atoms with Gasteiger partial charge in [-0.3, -0.25) is 9.59 Å². The van der Waals surface area contributed by atoms with Gasteiger partial charge in [0.25, 0.3) is 11.9 Å². The summed E-state index contributed by atoms with van der Waals surface area (Å²) in [6.45, 7) is 2.22. The molecule has 0 aromatic heterocycles. The minimum absolute atomic E-state index is 0. The smallest absolute Gasteiger partial charge is 0.573 e. The average Bonchev–Trinajstić information content (AvgIpc) is 2.70. The number of aliphatic hydroxyl groups is 1. The number of carboxylic acids is 2. The number of aliphatic carboxylic acids is 2. The first kappa shape index (κ1) is 36.1. The van der Waals surface area contributed by atoms with E-state index in [4.69, 9.17) is 13.8 Å². The zero-order valence-electron chi connectivity index (χ0n) is 20.2. The topological polar surface area (TPSA) is 153 Å². The average molecular weight is 547 g/mol. The fourth-order valence-corrected chi connectivity index (χ4v) is 4.56. The van der Waals surface area contributed by atoms with Crippen LogP contribution in [0.4, 0.5) is 0 Å². The van der Waals surface area contributed by atoms with Gasteiger partial charge in [0.1, 0.15) is 5.60 Å². The molecular formula is C22H36AlCaClO9. The molecule has 0 amide bonds. The molecular weight excluding hydrogens is 511 g/mol. The van der Waals surface area contributed by atoms with E-state index in [-0.39, 0.29) is 44.2 Å². The van der Waals surface area contributed by atoms with Crippen LogP contribution in [0.5, 0.6) is 0 Å². The number of unbranched alkanes of at least 4 members (excludes halogenated alkanes) is 12. The quantitative estimate of drug-likeness (QED) is 0.166. The van der Waals surface area contributed by atoms with Gasteiger partial charge in [-0.2, -0.15) is 10.0 Å². The maximum atomic E-state index is 11.8. The number of halogens is 1. The van der Waals surface area contributed by atoms with Crippen LogP contribution in [-0.2, 0) is 26.8 Å². The van der Waals surface area contributed by atoms with Crippen LogP contribution < -0.4 is 10.2 Å². The molecule has 0 saturated carbocycles. The number of hydrogen-bond acceptors (Lipinski definition) is 9. The summed E-state index contributed by atoms with van der Waals surface area (Å²) in [6.07, 6.45) is 12.7. The molecule has 0 rings (SSSR count). The molecule has 0 spiro atoms. The Labute approximate surface area is 241 Å². The van der Waals surface area contributed by atoms with Crippen molar-refractivity contribution in [3.05, 3.63) is 0 Å². The first-order chi connectivity index (χ1) is 15.6. The van der Waals surface area contributed by atoms with Crippen LogP contribution in [0.1, 0.15) is 110 Å². The first-order valence-electron chi connectivity index (χ1n) is 11.8. The fourth-order valence-electron chi connectivity index (χ4n) is 3.30. The molecule has 0 aliphatic carbocycles. The molecule has 0 aliphatic rings. The summed E-state index contributed by atoms with van der Waals surface area (Å²) in [4.78, 5) is 44.9. The third-order valence-corrected chi connectivity index (χ3v) is 6.62. The molecule has 1 N–H and O–H groups in total. The molecule has 0 bridgehead atoms. The van der Waals surface area contributed by atoms with E-state index >= 15 is 0 Å². The molecule has 12 heteroatoms. The number of carbonyl (C=O) groups excluding carboxylic acids is 4. The van der Waals surface area contributed by atoms with Gasteiger partial charge in [0.05, 0.1) is 12.4 Å². The van der Waals surface area contributed by atoms with Crippen LogP contribution in [0.2, 0.25) is 0 Å². The normalized spacial score (nSPS) is 12.2. The van der Waals surface area contributed by atoms with E-state index in [1.165, 1.54) is 57.8 Å². The van der Waals surface area contributed by atoms with Crippen molar-refractivity contribution in [2.24, 2.45) is 0 Å². The Bertz CT molecular complexity index is 609. The van der Waals surface area contributed by atoms with Crippen molar-refractivity contribution >= 4 is 85.6 Å². The fraction of sp³-hybridized carbons (Fsp3) is 0.818. The summed E-state index contributed by atoms with van der Waals surface area (Å²) < 4.78 is 9.46. The summed E-state index contributed by atoms with van der Waals surface area (Å²) in [5.41, 5.74) is -3.00. The second kappa shape index (κ2) is 22.1. The minimum Gasteiger partial charge on any atom is -0.573 e. The van der Waals surface area contributed by atoms with Crippen LogP contribution in [0.15, 0.2) is 0 Å². The van der Waals surface area contributed by atoms with Crippen LogP contribution >= 0.6 is 10.0 Å². The van der Waals surface area contributed by atoms with Crippen molar-refractivity contribution < 1.29 is 42.1 Å². The second-order valence-corrected chi connectivity index (χ2v) is 10.4. The first-order valence-corrected chi connectivity index (χ1v) is 14.5. The molecule has 0 radical (unpaired) electrons. The van der Waals surface area contributed by atoms with Crippen LogP contribution in [0.25, 0.3) is 0 Å². The predicted molar refractivity (Wildman–Crippen MR) is 124 cm³/mol. The van der Waals surface area contributed by atoms with Crippen molar-refractivity contribution in [1.82, 2.24) is 0 Å². The Balaban J connectivity index is 0. The molecule has 0 fully saturated rings. The Kier molecular flexibility index (Phi) is 23.5. The van der Waals surface area contributed by atoms with Gasteiger partial charge in [-0.25, -0.2) is 0 Å². The minimum atomic E-state index is -3.28. The Morgan fingerprint density at radius 1 is 0.765 bits per heavy atom. The Hall–Kier alpha value is -0.0778. The Morgan fingerprint density at radius 2 is 1.18 bits per heavy atom. The number of rotatable bonds is 21. The summed E-state index contributed by atoms with van der Waals surface area (Å²) in [5.74, 6) is -6.01. The zero-order chi connectivity index (χ0) is 25.1. The maximum Gasteiger partial charge on any atom is 2.00 e. The van der Waals surface area contributed by atoms with E-state index in [2.05, 4.69) is 10.7 Å². The van der Waals surface area contributed by atoms with Crippen molar-refractivity contribution in [2.75, 3.05) is 0 Å². The van der Waals surface area contributed by atoms with Gasteiger partial charge in [-0.1, -0.05) is 84.0 Å². The molecule has 0 heterocycles. The van der Waals surface area contributed by atoms with Gasteiger partial charge in [0.15, 0.2) is 0 Å². The summed E-state index contributed by atoms with van der Waals surface area (Å²) in [6, 6.07) is 0. The SMILES string of the molecule is CCCCCCCCCCCCCCCC(=O)[O][Al]([Cl])[O]C(=O)CC(O)(CC(=O)[O-])C(=O)[O-].[Ca+2]. The third-order valence-electron chi connectivity index (χ3n) is 5.19. The van der Waals surface area contributed by atoms with E-state index < -0.39 is 56.2 Å². The molecule has 0 aliphatic heterocycles. The second-order valence-electron chi connectivity index (χ2n) is 8.29. The van der Waals surface area contributed by atoms with E-state index in [0.29, 0.717) is 6.42 Å². The number of carbonyl (C=O) groups is 4. The van der Waals surface area contributed by atoms with E-state index in [1.807, 2.05) is 0 Å². The van der Waals surface area contributed by atoms with Crippen molar-refractivity contribution in [3.8, 4) is 0 Å². The van der Waals surface area contributed by atoms with Gasteiger partial charge in [0.2, 0.25) is 0 Å². The molecule has 190 valence electrons. The summed E-state index contributed by atoms with van der Waals surface area (Å²) >= 11 is -3.28. The monoisotopic (exact) mass is 546 g/mol. The maximum absolute atomic E-state index is 11.8. The van der Waals surface area contributed by atoms with Gasteiger partial charge in [0, 0.05) is 18.8 Å². The molecule has 0 aromatic rings. The number of hydrogen-bond donors (Lipinski definition) is 1. The summed E-state index contributed by atoms with van der Waals surface area (Å²) in [5, 5.41) is 31.1. The van der Waals surface area contributed by atoms with Crippen molar-refractivity contribution in [2.45, 2.75) is 115 Å². The molecule has 0 saturated heterocycles. The molecule has 0 aromatic carbocycles. The largest absolute Gasteiger partial charge is 2.00 e. The molecule has 1 atom stereocenters. The van der Waals surface area contributed by atoms with Gasteiger partial charge in [-0.05, 0) is 6.42 Å². The van der Waals surface area contributed by atoms with Crippen LogP contribution in [-0.4, -0.2) is 86.2 Å². The molecule has 1 unspecified atom stereocenters. The van der Waals surface area contributed by atoms with E-state index in [0.717, 1.165) is 19.3 Å². The van der Waals surface area contributed by atoms with Gasteiger partial charge >= 0.3 is 51.6 Å². The van der Waals surface area contributed by atoms with Crippen molar-refractivity contribution in [3.63, 3.8) is 0 Å². The summed E-state index contributed by atoms with van der Waals surface area (Å²) in [7, 11) is 5.72. The van der Waals surface area contributed by atoms with E-state index in [1.54, 1.807) is 0 Å². The third kappa shape index (κ3) is 20.1. The van der Waals surface area contributed by atoms with E-state index in [9.17, 15) is 34.5 Å². The van der Waals surface area contributed by atoms with Gasteiger partial charge < -0.3 is 32.5 Å². The Morgan fingerprint density at radius 3 is 1.59 bits per heavy atom. The predicted octanol–water partition coefficient (Wildman–Crippen LogP) is 1.41. The molecule has 34 heavy (non-hydrogen) atoms. The number of carboxylic acid groups (broad SMARTS) is 2. The standard InChI is InChI=1S/C16H32O2.C6H8O7.Al.Ca.ClH/c1-2-3-4-5-6-7-8-9-10-11-12-13-14-15-16(17)18;7-3(8)1-6(13,5(11)12)2-4(9)10;;;/h2-15H2,1H3,(H,17,18);13H,1-2H2,(H,7,8)(H,9,10)(H,11,12);;;1H/q;;+3;+2;/p-5. The zero-order valence-corrected chi connectivity index (χ0v) is 24.3. The van der Waals surface area contributed by atoms with Gasteiger partial charge in [-0.15, -0.1) is 0 Å². The van der Waals surface area contributed by atoms with Crippen molar-refractivity contribution in [1.29, 1.82) is 0 Å². The van der Waals surface area contributed by atoms with Crippen LogP contribution in [0.3, 0.4) is 0 Å².